The van der Waals surface area contributed by atoms with Crippen LogP contribution in [0.25, 0.3) is 0 Å². The molecular formula is C13H11BrF3N3O. The summed E-state index contributed by atoms with van der Waals surface area (Å²) in [5.41, 5.74) is 7.73. The Hall–Kier alpha value is -1.96. The van der Waals surface area contributed by atoms with Crippen molar-refractivity contribution in [3.63, 3.8) is 0 Å². The van der Waals surface area contributed by atoms with E-state index >= 15 is 0 Å². The molecule has 0 saturated heterocycles. The molecule has 0 aliphatic carbocycles. The number of nitrogens with zero attached hydrogens (tertiary/aromatic N) is 1. The zero-order valence-corrected chi connectivity index (χ0v) is 12.4. The van der Waals surface area contributed by atoms with Gasteiger partial charge < -0.3 is 15.8 Å². The van der Waals surface area contributed by atoms with Gasteiger partial charge in [0.2, 0.25) is 0 Å². The molecule has 0 aliphatic heterocycles. The summed E-state index contributed by atoms with van der Waals surface area (Å²) in [6.45, 7) is 1.83. The number of ether oxygens (including phenoxy) is 1. The molecule has 1 aromatic carbocycles. The van der Waals surface area contributed by atoms with Gasteiger partial charge in [0.25, 0.3) is 0 Å². The molecule has 0 saturated carbocycles. The van der Waals surface area contributed by atoms with E-state index in [1.165, 1.54) is 18.2 Å². The maximum atomic E-state index is 12.2. The minimum absolute atomic E-state index is 0.171. The molecule has 2 aromatic rings. The highest BCUT2D eigenvalue weighted by Gasteiger charge is 2.31. The molecule has 0 amide bonds. The standard InChI is InChI=1S/C13H11BrF3N3O/c1-7-6-19-12(5-10(7)18)20-8-2-3-11(9(14)4-8)21-13(15,16)17/h2-6H,1H3,(H3,18,19,20). The van der Waals surface area contributed by atoms with Crippen molar-refractivity contribution in [2.24, 2.45) is 0 Å². The lowest BCUT2D eigenvalue weighted by atomic mass is 10.2. The van der Waals surface area contributed by atoms with Crippen LogP contribution in [0.3, 0.4) is 0 Å². The first-order valence-electron chi connectivity index (χ1n) is 5.79. The number of benzene rings is 1. The number of nitrogens with one attached hydrogen (secondary N) is 1. The largest absolute Gasteiger partial charge is 0.573 e. The van der Waals surface area contributed by atoms with E-state index in [1.807, 2.05) is 6.92 Å². The van der Waals surface area contributed by atoms with Crippen LogP contribution in [0.5, 0.6) is 5.75 Å². The Morgan fingerprint density at radius 1 is 1.29 bits per heavy atom. The summed E-state index contributed by atoms with van der Waals surface area (Å²) in [7, 11) is 0. The van der Waals surface area contributed by atoms with E-state index in [4.69, 9.17) is 5.73 Å². The quantitative estimate of drug-likeness (QED) is 0.851. The van der Waals surface area contributed by atoms with Gasteiger partial charge in [-0.3, -0.25) is 0 Å². The van der Waals surface area contributed by atoms with Gasteiger partial charge in [0.15, 0.2) is 0 Å². The van der Waals surface area contributed by atoms with Crippen LogP contribution >= 0.6 is 15.9 Å². The maximum Gasteiger partial charge on any atom is 0.573 e. The van der Waals surface area contributed by atoms with Crippen LogP contribution in [0.2, 0.25) is 0 Å². The normalized spacial score (nSPS) is 11.3. The fourth-order valence-corrected chi connectivity index (χ4v) is 2.00. The molecule has 0 atom stereocenters. The summed E-state index contributed by atoms with van der Waals surface area (Å²) in [5.74, 6) is 0.180. The number of alkyl halides is 3. The number of hydrogen-bond acceptors (Lipinski definition) is 4. The molecule has 0 spiro atoms. The third-order valence-corrected chi connectivity index (χ3v) is 3.19. The second-order valence-electron chi connectivity index (χ2n) is 4.24. The zero-order chi connectivity index (χ0) is 15.6. The lowest BCUT2D eigenvalue weighted by Crippen LogP contribution is -2.17. The lowest BCUT2D eigenvalue weighted by molar-refractivity contribution is -0.274. The highest BCUT2D eigenvalue weighted by atomic mass is 79.9. The number of halogens is 4. The Morgan fingerprint density at radius 2 is 2.00 bits per heavy atom. The average molecular weight is 362 g/mol. The molecule has 8 heteroatoms. The molecule has 3 N–H and O–H groups in total. The van der Waals surface area contributed by atoms with Crippen molar-refractivity contribution in [1.29, 1.82) is 0 Å². The van der Waals surface area contributed by atoms with Gasteiger partial charge in [0, 0.05) is 23.6 Å². The van der Waals surface area contributed by atoms with Crippen LogP contribution in [0, 0.1) is 6.92 Å². The third-order valence-electron chi connectivity index (χ3n) is 2.57. The molecule has 0 unspecified atom stereocenters. The SMILES string of the molecule is Cc1cnc(Nc2ccc(OC(F)(F)F)c(Br)c2)cc1N. The first kappa shape index (κ1) is 15.4. The second kappa shape index (κ2) is 5.80. The minimum Gasteiger partial charge on any atom is -0.405 e. The number of rotatable bonds is 3. The lowest BCUT2D eigenvalue weighted by Gasteiger charge is -2.12. The Morgan fingerprint density at radius 3 is 2.57 bits per heavy atom. The molecule has 0 bridgehead atoms. The van der Waals surface area contributed by atoms with E-state index < -0.39 is 6.36 Å². The molecule has 2 rings (SSSR count). The topological polar surface area (TPSA) is 60.2 Å². The average Bonchev–Trinajstić information content (AvgIpc) is 2.36. The minimum atomic E-state index is -4.73. The van der Waals surface area contributed by atoms with Crippen LogP contribution in [0.15, 0.2) is 34.9 Å². The fourth-order valence-electron chi connectivity index (χ4n) is 1.54. The Balaban J connectivity index is 2.18. The van der Waals surface area contributed by atoms with Crippen molar-refractivity contribution in [3.8, 4) is 5.75 Å². The van der Waals surface area contributed by atoms with Gasteiger partial charge in [-0.25, -0.2) is 4.98 Å². The van der Waals surface area contributed by atoms with E-state index in [0.29, 0.717) is 17.2 Å². The molecule has 1 aromatic heterocycles. The second-order valence-corrected chi connectivity index (χ2v) is 5.10. The van der Waals surface area contributed by atoms with Gasteiger partial charge in [0.1, 0.15) is 11.6 Å². The number of pyridine rings is 1. The Bertz CT molecular complexity index is 662. The fraction of sp³-hybridized carbons (Fsp3) is 0.154. The number of aryl methyl sites for hydroxylation is 1. The first-order chi connectivity index (χ1) is 9.74. The number of aromatic nitrogens is 1. The molecule has 21 heavy (non-hydrogen) atoms. The van der Waals surface area contributed by atoms with Crippen molar-refractivity contribution in [3.05, 3.63) is 40.5 Å². The van der Waals surface area contributed by atoms with Gasteiger partial charge in [0.05, 0.1) is 4.47 Å². The summed E-state index contributed by atoms with van der Waals surface area (Å²) in [6.07, 6.45) is -3.13. The van der Waals surface area contributed by atoms with Gasteiger partial charge in [-0.1, -0.05) is 0 Å². The molecule has 112 valence electrons. The number of nitrogen functional groups attached to an aromatic ring is 1. The van der Waals surface area contributed by atoms with E-state index in [9.17, 15) is 13.2 Å². The van der Waals surface area contributed by atoms with Crippen LogP contribution in [-0.2, 0) is 0 Å². The van der Waals surface area contributed by atoms with E-state index in [-0.39, 0.29) is 10.2 Å². The summed E-state index contributed by atoms with van der Waals surface area (Å²) < 4.78 is 40.5. The zero-order valence-electron chi connectivity index (χ0n) is 10.8. The summed E-state index contributed by atoms with van der Waals surface area (Å²) >= 11 is 3.03. The number of hydrogen-bond donors (Lipinski definition) is 2. The molecular weight excluding hydrogens is 351 g/mol. The highest BCUT2D eigenvalue weighted by molar-refractivity contribution is 9.10. The molecule has 0 aliphatic rings. The smallest absolute Gasteiger partial charge is 0.405 e. The number of nitrogens with two attached hydrogens (primary N) is 1. The Kier molecular flexibility index (Phi) is 4.26. The van der Waals surface area contributed by atoms with Crippen LogP contribution in [-0.4, -0.2) is 11.3 Å². The summed E-state index contributed by atoms with van der Waals surface area (Å²) in [6, 6.07) is 5.75. The predicted octanol–water partition coefficient (Wildman–Crippen LogP) is 4.38. The van der Waals surface area contributed by atoms with Gasteiger partial charge in [-0.2, -0.15) is 0 Å². The van der Waals surface area contributed by atoms with Gasteiger partial charge in [-0.15, -0.1) is 13.2 Å². The molecule has 1 heterocycles. The van der Waals surface area contributed by atoms with Crippen molar-refractivity contribution >= 4 is 33.1 Å². The summed E-state index contributed by atoms with van der Waals surface area (Å²) in [4.78, 5) is 4.13. The molecule has 4 nitrogen and oxygen atoms in total. The van der Waals surface area contributed by atoms with Crippen molar-refractivity contribution in [2.75, 3.05) is 11.1 Å². The van der Waals surface area contributed by atoms with E-state index in [1.54, 1.807) is 12.3 Å². The van der Waals surface area contributed by atoms with Gasteiger partial charge >= 0.3 is 6.36 Å². The monoisotopic (exact) mass is 361 g/mol. The third kappa shape index (κ3) is 4.25. The maximum absolute atomic E-state index is 12.2. The highest BCUT2D eigenvalue weighted by Crippen LogP contribution is 2.33. The van der Waals surface area contributed by atoms with Crippen LogP contribution in [0.1, 0.15) is 5.56 Å². The molecule has 0 radical (unpaired) electrons. The number of anilines is 3. The predicted molar refractivity (Wildman–Crippen MR) is 77.5 cm³/mol. The van der Waals surface area contributed by atoms with E-state index in [0.717, 1.165) is 5.56 Å². The Labute approximate surface area is 127 Å². The van der Waals surface area contributed by atoms with Crippen LogP contribution < -0.4 is 15.8 Å². The van der Waals surface area contributed by atoms with Crippen LogP contribution in [0.4, 0.5) is 30.4 Å². The van der Waals surface area contributed by atoms with Gasteiger partial charge in [-0.05, 0) is 46.6 Å². The molecule has 0 fully saturated rings. The van der Waals surface area contributed by atoms with Crippen molar-refractivity contribution < 1.29 is 17.9 Å². The van der Waals surface area contributed by atoms with E-state index in [2.05, 4.69) is 31.0 Å². The first-order valence-corrected chi connectivity index (χ1v) is 6.58. The van der Waals surface area contributed by atoms with Crippen molar-refractivity contribution in [1.82, 2.24) is 4.98 Å². The van der Waals surface area contributed by atoms with Crippen molar-refractivity contribution in [2.45, 2.75) is 13.3 Å². The summed E-state index contributed by atoms with van der Waals surface area (Å²) in [5, 5.41) is 2.94.